The molecule has 0 unspecified atom stereocenters. The Hall–Kier alpha value is -3.22. The fraction of sp³-hybridized carbons (Fsp3) is 0.176. The molecule has 1 heterocycles. The molecule has 1 aliphatic heterocycles. The van der Waals surface area contributed by atoms with Gasteiger partial charge in [0.1, 0.15) is 0 Å². The first-order chi connectivity index (χ1) is 11.5. The van der Waals surface area contributed by atoms with Crippen LogP contribution in [0.15, 0.2) is 41.4 Å². The first-order valence-electron chi connectivity index (χ1n) is 7.36. The molecule has 24 heavy (non-hydrogen) atoms. The van der Waals surface area contributed by atoms with Crippen molar-refractivity contribution in [3.05, 3.63) is 57.6 Å². The van der Waals surface area contributed by atoms with Crippen molar-refractivity contribution in [2.24, 2.45) is 4.99 Å². The summed E-state index contributed by atoms with van der Waals surface area (Å²) < 4.78 is 0. The fourth-order valence-corrected chi connectivity index (χ4v) is 2.69. The molecule has 0 spiro atoms. The predicted molar refractivity (Wildman–Crippen MR) is 88.0 cm³/mol. The van der Waals surface area contributed by atoms with Crippen LogP contribution < -0.4 is 10.0 Å². The van der Waals surface area contributed by atoms with E-state index in [0.717, 1.165) is 23.7 Å². The minimum absolute atomic E-state index is 0.00223. The molecule has 2 aromatic carbocycles. The first-order valence-corrected chi connectivity index (χ1v) is 7.36. The molecule has 0 aromatic heterocycles. The topological polar surface area (TPSA) is 98.9 Å². The molecular weight excluding hydrogens is 310 g/mol. The van der Waals surface area contributed by atoms with Gasteiger partial charge in [-0.05, 0) is 35.7 Å². The molecule has 0 fully saturated rings. The van der Waals surface area contributed by atoms with E-state index in [4.69, 9.17) is 0 Å². The average molecular weight is 324 g/mol. The number of carbonyl (C=O) groups excluding carboxylic acids is 1. The van der Waals surface area contributed by atoms with E-state index < -0.39 is 4.92 Å². The third-order valence-electron chi connectivity index (χ3n) is 3.90. The van der Waals surface area contributed by atoms with E-state index in [1.165, 1.54) is 25.3 Å². The standard InChI is InChI=1S/C17H15N3O4/c1-11(21)19-7-6-12-8-14(2-4-16(12)19)18-10-13-9-15(20(23)24)3-5-17(13)22/h2-5,8-10,22H,6-7H2,1H3/p-1. The van der Waals surface area contributed by atoms with Gasteiger partial charge in [0.2, 0.25) is 5.91 Å². The Morgan fingerprint density at radius 2 is 2.08 bits per heavy atom. The SMILES string of the molecule is CC(=O)N1CCc2cc(N=Cc3cc([N+](=O)[O-])ccc3[O-])ccc21. The lowest BCUT2D eigenvalue weighted by Gasteiger charge is -2.14. The van der Waals surface area contributed by atoms with Gasteiger partial charge in [0, 0.05) is 37.5 Å². The Morgan fingerprint density at radius 3 is 2.79 bits per heavy atom. The Bertz CT molecular complexity index is 861. The van der Waals surface area contributed by atoms with E-state index in [1.807, 2.05) is 12.1 Å². The van der Waals surface area contributed by atoms with Crippen LogP contribution in [0.3, 0.4) is 0 Å². The first kappa shape index (κ1) is 15.7. The lowest BCUT2D eigenvalue weighted by Crippen LogP contribution is -2.25. The highest BCUT2D eigenvalue weighted by Crippen LogP contribution is 2.31. The summed E-state index contributed by atoms with van der Waals surface area (Å²) in [5.74, 6) is -0.328. The Morgan fingerprint density at radius 1 is 1.29 bits per heavy atom. The van der Waals surface area contributed by atoms with Gasteiger partial charge in [-0.15, -0.1) is 0 Å². The number of nitrogens with zero attached hydrogens (tertiary/aromatic N) is 3. The number of benzene rings is 2. The van der Waals surface area contributed by atoms with Crippen LogP contribution in [0, 0.1) is 10.1 Å². The second-order valence-corrected chi connectivity index (χ2v) is 5.47. The lowest BCUT2D eigenvalue weighted by atomic mass is 10.1. The Balaban J connectivity index is 1.87. The summed E-state index contributed by atoms with van der Waals surface area (Å²) in [4.78, 5) is 27.7. The summed E-state index contributed by atoms with van der Waals surface area (Å²) in [6, 6.07) is 8.96. The molecule has 0 atom stereocenters. The van der Waals surface area contributed by atoms with Crippen molar-refractivity contribution >= 4 is 29.2 Å². The number of nitro benzene ring substituents is 1. The van der Waals surface area contributed by atoms with Crippen LogP contribution in [0.2, 0.25) is 0 Å². The summed E-state index contributed by atoms with van der Waals surface area (Å²) in [5.41, 5.74) is 2.53. The summed E-state index contributed by atoms with van der Waals surface area (Å²) in [7, 11) is 0. The van der Waals surface area contributed by atoms with Gasteiger partial charge in [-0.3, -0.25) is 19.9 Å². The van der Waals surface area contributed by atoms with Crippen molar-refractivity contribution in [2.75, 3.05) is 11.4 Å². The number of aliphatic imine (C=N–C) groups is 1. The van der Waals surface area contributed by atoms with Crippen LogP contribution in [0.4, 0.5) is 17.1 Å². The highest BCUT2D eigenvalue weighted by atomic mass is 16.6. The zero-order valence-corrected chi connectivity index (χ0v) is 12.9. The van der Waals surface area contributed by atoms with Gasteiger partial charge < -0.3 is 10.0 Å². The van der Waals surface area contributed by atoms with Crippen LogP contribution >= 0.6 is 0 Å². The second-order valence-electron chi connectivity index (χ2n) is 5.47. The summed E-state index contributed by atoms with van der Waals surface area (Å²) >= 11 is 0. The molecule has 0 radical (unpaired) electrons. The minimum atomic E-state index is -0.553. The van der Waals surface area contributed by atoms with Crippen molar-refractivity contribution in [3.63, 3.8) is 0 Å². The van der Waals surface area contributed by atoms with Crippen molar-refractivity contribution in [2.45, 2.75) is 13.3 Å². The number of hydrogen-bond acceptors (Lipinski definition) is 5. The van der Waals surface area contributed by atoms with Gasteiger partial charge in [0.05, 0.1) is 10.6 Å². The normalized spacial score (nSPS) is 13.3. The third-order valence-corrected chi connectivity index (χ3v) is 3.90. The van der Waals surface area contributed by atoms with Gasteiger partial charge in [0.15, 0.2) is 0 Å². The molecule has 1 aliphatic rings. The molecule has 7 nitrogen and oxygen atoms in total. The van der Waals surface area contributed by atoms with E-state index in [1.54, 1.807) is 11.0 Å². The van der Waals surface area contributed by atoms with E-state index in [-0.39, 0.29) is 22.9 Å². The van der Waals surface area contributed by atoms with Crippen molar-refractivity contribution in [3.8, 4) is 5.75 Å². The molecular formula is C17H14N3O4-. The smallest absolute Gasteiger partial charge is 0.270 e. The van der Waals surface area contributed by atoms with Crippen LogP contribution in [-0.2, 0) is 11.2 Å². The maximum atomic E-state index is 11.8. The molecule has 122 valence electrons. The zero-order valence-electron chi connectivity index (χ0n) is 12.9. The van der Waals surface area contributed by atoms with E-state index in [0.29, 0.717) is 12.2 Å². The molecule has 0 saturated heterocycles. The molecule has 0 aliphatic carbocycles. The largest absolute Gasteiger partial charge is 0.872 e. The number of amides is 1. The molecule has 7 heteroatoms. The van der Waals surface area contributed by atoms with Gasteiger partial charge in [-0.2, -0.15) is 0 Å². The van der Waals surface area contributed by atoms with Gasteiger partial charge in [-0.1, -0.05) is 11.8 Å². The van der Waals surface area contributed by atoms with Crippen molar-refractivity contribution < 1.29 is 14.8 Å². The number of non-ortho nitro benzene ring substituents is 1. The van der Waals surface area contributed by atoms with E-state index in [9.17, 15) is 20.0 Å². The summed E-state index contributed by atoms with van der Waals surface area (Å²) in [6.45, 7) is 2.17. The molecule has 3 rings (SSSR count). The zero-order chi connectivity index (χ0) is 17.3. The van der Waals surface area contributed by atoms with Crippen LogP contribution in [-0.4, -0.2) is 23.6 Å². The summed E-state index contributed by atoms with van der Waals surface area (Å²) in [5, 5.41) is 22.5. The molecule has 0 saturated carbocycles. The van der Waals surface area contributed by atoms with Gasteiger partial charge >= 0.3 is 0 Å². The average Bonchev–Trinajstić information content (AvgIpc) is 2.97. The number of rotatable bonds is 3. The number of fused-ring (bicyclic) bond motifs is 1. The highest BCUT2D eigenvalue weighted by molar-refractivity contribution is 5.94. The van der Waals surface area contributed by atoms with E-state index >= 15 is 0 Å². The number of nitro groups is 1. The Kier molecular flexibility index (Phi) is 3.99. The molecule has 2 aromatic rings. The number of carbonyl (C=O) groups is 1. The molecule has 0 N–H and O–H groups in total. The summed E-state index contributed by atoms with van der Waals surface area (Å²) in [6.07, 6.45) is 2.08. The van der Waals surface area contributed by atoms with E-state index in [2.05, 4.69) is 4.99 Å². The maximum Gasteiger partial charge on any atom is 0.270 e. The third kappa shape index (κ3) is 2.96. The fourth-order valence-electron chi connectivity index (χ4n) is 2.69. The van der Waals surface area contributed by atoms with Gasteiger partial charge in [-0.25, -0.2) is 0 Å². The molecule has 0 bridgehead atoms. The number of hydrogen-bond donors (Lipinski definition) is 0. The minimum Gasteiger partial charge on any atom is -0.872 e. The van der Waals surface area contributed by atoms with Crippen LogP contribution in [0.1, 0.15) is 18.1 Å². The van der Waals surface area contributed by atoms with Crippen molar-refractivity contribution in [1.29, 1.82) is 0 Å². The Labute approximate surface area is 138 Å². The van der Waals surface area contributed by atoms with Crippen molar-refractivity contribution in [1.82, 2.24) is 0 Å². The van der Waals surface area contributed by atoms with Crippen LogP contribution in [0.5, 0.6) is 5.75 Å². The quantitative estimate of drug-likeness (QED) is 0.491. The maximum absolute atomic E-state index is 11.8. The van der Waals surface area contributed by atoms with Gasteiger partial charge in [0.25, 0.3) is 5.69 Å². The highest BCUT2D eigenvalue weighted by Gasteiger charge is 2.21. The predicted octanol–water partition coefficient (Wildman–Crippen LogP) is 2.33. The number of anilines is 1. The molecule has 1 amide bonds. The second kappa shape index (κ2) is 6.11. The van der Waals surface area contributed by atoms with Crippen LogP contribution in [0.25, 0.3) is 0 Å². The monoisotopic (exact) mass is 324 g/mol. The lowest BCUT2D eigenvalue weighted by molar-refractivity contribution is -0.385.